The van der Waals surface area contributed by atoms with Crippen molar-refractivity contribution < 1.29 is 23.9 Å². The molecular weight excluding hydrogens is 362 g/mol. The molecule has 0 fully saturated rings. The molecule has 8 nitrogen and oxygen atoms in total. The first-order valence-corrected chi connectivity index (χ1v) is 8.34. The Kier molecular flexibility index (Phi) is 7.08. The minimum absolute atomic E-state index is 0.00732. The summed E-state index contributed by atoms with van der Waals surface area (Å²) < 4.78 is 10.2. The molecule has 1 unspecified atom stereocenters. The number of alkyl carbamates (subject to hydrolysis) is 1. The fraction of sp³-hybridized carbons (Fsp3) is 0.588. The van der Waals surface area contributed by atoms with E-state index in [4.69, 9.17) is 21.1 Å². The number of hydrogen-bond donors (Lipinski definition) is 1. The molecule has 0 aromatic carbocycles. The van der Waals surface area contributed by atoms with Crippen LogP contribution in [0.25, 0.3) is 0 Å². The molecule has 1 heterocycles. The van der Waals surface area contributed by atoms with Gasteiger partial charge in [-0.15, -0.1) is 0 Å². The van der Waals surface area contributed by atoms with Gasteiger partial charge in [-0.2, -0.15) is 0 Å². The van der Waals surface area contributed by atoms with E-state index in [1.165, 1.54) is 12.4 Å². The van der Waals surface area contributed by atoms with Crippen molar-refractivity contribution in [2.45, 2.75) is 53.2 Å². The van der Waals surface area contributed by atoms with Crippen molar-refractivity contribution in [3.63, 3.8) is 0 Å². The highest BCUT2D eigenvalue weighted by Gasteiger charge is 2.35. The van der Waals surface area contributed by atoms with Crippen LogP contribution >= 0.6 is 11.6 Å². The third kappa shape index (κ3) is 7.35. The van der Waals surface area contributed by atoms with Crippen molar-refractivity contribution in [3.05, 3.63) is 23.2 Å². The molecule has 1 atom stereocenters. The molecule has 1 aromatic rings. The van der Waals surface area contributed by atoms with Gasteiger partial charge in [0.2, 0.25) is 11.1 Å². The number of nitrogens with one attached hydrogen (secondary N) is 1. The number of rotatable bonds is 5. The molecule has 9 heteroatoms. The number of aromatic nitrogens is 2. The summed E-state index contributed by atoms with van der Waals surface area (Å²) in [6.45, 7) is 9.89. The van der Waals surface area contributed by atoms with Gasteiger partial charge in [0.1, 0.15) is 11.6 Å². The predicted molar refractivity (Wildman–Crippen MR) is 94.9 cm³/mol. The molecule has 26 heavy (non-hydrogen) atoms. The SMILES string of the molecule is CC(C)(C)OC(=O)NC(C(=O)OCC(=O)c1cnc(Cl)nc1)C(C)(C)C. The minimum atomic E-state index is -0.994. The summed E-state index contributed by atoms with van der Waals surface area (Å²) in [6, 6.07) is -0.994. The van der Waals surface area contributed by atoms with E-state index in [2.05, 4.69) is 15.3 Å². The molecule has 0 aliphatic rings. The molecule has 0 aliphatic heterocycles. The molecule has 0 aliphatic carbocycles. The Bertz CT molecular complexity index is 662. The second kappa shape index (κ2) is 8.44. The van der Waals surface area contributed by atoms with Crippen LogP contribution in [0, 0.1) is 5.41 Å². The van der Waals surface area contributed by atoms with Crippen molar-refractivity contribution in [3.8, 4) is 0 Å². The first-order chi connectivity index (χ1) is 11.8. The first kappa shape index (κ1) is 21.8. The highest BCUT2D eigenvalue weighted by Crippen LogP contribution is 2.21. The second-order valence-corrected chi connectivity index (χ2v) is 8.05. The molecule has 1 amide bonds. The lowest BCUT2D eigenvalue weighted by atomic mass is 9.87. The molecule has 1 N–H and O–H groups in total. The lowest BCUT2D eigenvalue weighted by Crippen LogP contribution is -2.51. The van der Waals surface area contributed by atoms with Crippen LogP contribution in [0.1, 0.15) is 51.9 Å². The third-order valence-corrected chi connectivity index (χ3v) is 3.25. The molecule has 1 aromatic heterocycles. The van der Waals surface area contributed by atoms with Gasteiger partial charge in [-0.3, -0.25) is 4.79 Å². The predicted octanol–water partition coefficient (Wildman–Crippen LogP) is 2.80. The third-order valence-electron chi connectivity index (χ3n) is 3.05. The largest absolute Gasteiger partial charge is 0.456 e. The number of esters is 1. The first-order valence-electron chi connectivity index (χ1n) is 7.96. The van der Waals surface area contributed by atoms with E-state index in [9.17, 15) is 14.4 Å². The van der Waals surface area contributed by atoms with Crippen molar-refractivity contribution in [2.75, 3.05) is 6.61 Å². The highest BCUT2D eigenvalue weighted by molar-refractivity contribution is 6.28. The molecule has 0 saturated carbocycles. The number of nitrogens with zero attached hydrogens (tertiary/aromatic N) is 2. The molecule has 0 spiro atoms. The van der Waals surface area contributed by atoms with E-state index in [-0.39, 0.29) is 10.8 Å². The van der Waals surface area contributed by atoms with Gasteiger partial charge in [0.15, 0.2) is 6.61 Å². The number of ketones is 1. The van der Waals surface area contributed by atoms with Crippen LogP contribution in [-0.4, -0.2) is 46.1 Å². The lowest BCUT2D eigenvalue weighted by Gasteiger charge is -2.30. The Balaban J connectivity index is 2.73. The van der Waals surface area contributed by atoms with E-state index < -0.39 is 41.5 Å². The van der Waals surface area contributed by atoms with Gasteiger partial charge in [-0.25, -0.2) is 19.6 Å². The average Bonchev–Trinajstić information content (AvgIpc) is 2.48. The highest BCUT2D eigenvalue weighted by atomic mass is 35.5. The van der Waals surface area contributed by atoms with Gasteiger partial charge in [0.05, 0.1) is 5.56 Å². The molecule has 144 valence electrons. The summed E-state index contributed by atoms with van der Waals surface area (Å²) in [7, 11) is 0. The van der Waals surface area contributed by atoms with Crippen LogP contribution in [0.2, 0.25) is 5.28 Å². The Hall–Kier alpha value is -2.22. The smallest absolute Gasteiger partial charge is 0.408 e. The Morgan fingerprint density at radius 3 is 2.12 bits per heavy atom. The molecule has 0 saturated heterocycles. The Morgan fingerprint density at radius 2 is 1.65 bits per heavy atom. The van der Waals surface area contributed by atoms with E-state index in [0.717, 1.165) is 0 Å². The zero-order valence-electron chi connectivity index (χ0n) is 15.8. The van der Waals surface area contributed by atoms with Crippen LogP contribution in [0.4, 0.5) is 4.79 Å². The number of carbonyl (C=O) groups excluding carboxylic acids is 3. The number of ether oxygens (including phenoxy) is 2. The topological polar surface area (TPSA) is 107 Å². The number of amides is 1. The van der Waals surface area contributed by atoms with Crippen LogP contribution in [0.5, 0.6) is 0 Å². The van der Waals surface area contributed by atoms with Gasteiger partial charge in [-0.05, 0) is 37.8 Å². The summed E-state index contributed by atoms with van der Waals surface area (Å²) in [5.41, 5.74) is -1.20. The Labute approximate surface area is 157 Å². The zero-order chi connectivity index (χ0) is 20.1. The zero-order valence-corrected chi connectivity index (χ0v) is 16.5. The maximum Gasteiger partial charge on any atom is 0.408 e. The molecule has 0 bridgehead atoms. The maximum atomic E-state index is 12.4. The number of Topliss-reactive ketones (excluding diaryl/α,β-unsaturated/α-hetero) is 1. The molecule has 1 rings (SSSR count). The van der Waals surface area contributed by atoms with Crippen molar-refractivity contribution >= 4 is 29.4 Å². The standard InChI is InChI=1S/C17H24ClN3O5/c1-16(2,3)12(21-15(24)26-17(4,5)6)13(23)25-9-11(22)10-7-19-14(18)20-8-10/h7-8,12H,9H2,1-6H3,(H,21,24). The van der Waals surface area contributed by atoms with E-state index in [1.54, 1.807) is 41.5 Å². The summed E-state index contributed by atoms with van der Waals surface area (Å²) in [4.78, 5) is 43.8. The van der Waals surface area contributed by atoms with Crippen molar-refractivity contribution in [2.24, 2.45) is 5.41 Å². The Morgan fingerprint density at radius 1 is 1.12 bits per heavy atom. The number of carbonyl (C=O) groups is 3. The summed E-state index contributed by atoms with van der Waals surface area (Å²) >= 11 is 5.56. The van der Waals surface area contributed by atoms with E-state index >= 15 is 0 Å². The summed E-state index contributed by atoms with van der Waals surface area (Å²) in [5.74, 6) is -1.23. The van der Waals surface area contributed by atoms with Gasteiger partial charge in [0.25, 0.3) is 0 Å². The minimum Gasteiger partial charge on any atom is -0.456 e. The van der Waals surface area contributed by atoms with Crippen molar-refractivity contribution in [1.82, 2.24) is 15.3 Å². The van der Waals surface area contributed by atoms with Gasteiger partial charge in [-0.1, -0.05) is 20.8 Å². The van der Waals surface area contributed by atoms with Crippen molar-refractivity contribution in [1.29, 1.82) is 0 Å². The lowest BCUT2D eigenvalue weighted by molar-refractivity contribution is -0.147. The maximum absolute atomic E-state index is 12.4. The number of halogens is 1. The van der Waals surface area contributed by atoms with Gasteiger partial charge < -0.3 is 14.8 Å². The van der Waals surface area contributed by atoms with Crippen LogP contribution in [-0.2, 0) is 14.3 Å². The quantitative estimate of drug-likeness (QED) is 0.471. The monoisotopic (exact) mass is 385 g/mol. The van der Waals surface area contributed by atoms with Gasteiger partial charge >= 0.3 is 12.1 Å². The second-order valence-electron chi connectivity index (χ2n) is 7.72. The number of hydrogen-bond acceptors (Lipinski definition) is 7. The van der Waals surface area contributed by atoms with Gasteiger partial charge in [0, 0.05) is 12.4 Å². The average molecular weight is 386 g/mol. The molecule has 0 radical (unpaired) electrons. The van der Waals surface area contributed by atoms with E-state index in [0.29, 0.717) is 0 Å². The fourth-order valence-electron chi connectivity index (χ4n) is 1.81. The summed E-state index contributed by atoms with van der Waals surface area (Å²) in [5, 5.41) is 2.50. The normalized spacial score (nSPS) is 12.9. The van der Waals surface area contributed by atoms with Crippen LogP contribution < -0.4 is 5.32 Å². The summed E-state index contributed by atoms with van der Waals surface area (Å²) in [6.07, 6.45) is 1.74. The van der Waals surface area contributed by atoms with Crippen LogP contribution in [0.15, 0.2) is 12.4 Å². The van der Waals surface area contributed by atoms with Crippen LogP contribution in [0.3, 0.4) is 0 Å². The van der Waals surface area contributed by atoms with E-state index in [1.807, 2.05) is 0 Å². The molecular formula is C17H24ClN3O5. The fourth-order valence-corrected chi connectivity index (χ4v) is 1.91.